The van der Waals surface area contributed by atoms with E-state index in [1.165, 1.54) is 11.1 Å². The summed E-state index contributed by atoms with van der Waals surface area (Å²) in [5, 5.41) is 0. The van der Waals surface area contributed by atoms with Crippen molar-refractivity contribution in [3.05, 3.63) is 35.4 Å². The Hall–Kier alpha value is -1.35. The zero-order valence-electron chi connectivity index (χ0n) is 13.1. The molecular weight excluding hydrogens is 260 g/mol. The highest BCUT2D eigenvalue weighted by molar-refractivity contribution is 5.89. The van der Waals surface area contributed by atoms with Gasteiger partial charge in [0.1, 0.15) is 0 Å². The van der Waals surface area contributed by atoms with Crippen molar-refractivity contribution in [3.8, 4) is 0 Å². The fraction of sp³-hybridized carbons (Fsp3) is 0.611. The van der Waals surface area contributed by atoms with Gasteiger partial charge in [-0.05, 0) is 63.1 Å². The Morgan fingerprint density at radius 1 is 1.43 bits per heavy atom. The van der Waals surface area contributed by atoms with Gasteiger partial charge in [-0.1, -0.05) is 24.3 Å². The van der Waals surface area contributed by atoms with E-state index in [0.717, 1.165) is 32.2 Å². The first-order valence-corrected chi connectivity index (χ1v) is 8.16. The summed E-state index contributed by atoms with van der Waals surface area (Å²) in [7, 11) is 0. The zero-order valence-corrected chi connectivity index (χ0v) is 13.1. The van der Waals surface area contributed by atoms with Crippen LogP contribution in [-0.2, 0) is 16.6 Å². The number of carbonyl (C=O) groups is 1. The van der Waals surface area contributed by atoms with Gasteiger partial charge in [-0.2, -0.15) is 0 Å². The van der Waals surface area contributed by atoms with Gasteiger partial charge in [-0.3, -0.25) is 4.79 Å². The van der Waals surface area contributed by atoms with E-state index in [0.29, 0.717) is 24.4 Å². The average Bonchev–Trinajstić information content (AvgIpc) is 2.88. The number of likely N-dealkylation sites (tertiary alicyclic amines) is 1. The van der Waals surface area contributed by atoms with Gasteiger partial charge in [-0.15, -0.1) is 0 Å². The lowest BCUT2D eigenvalue weighted by molar-refractivity contribution is -0.138. The molecule has 1 saturated heterocycles. The molecule has 0 radical (unpaired) electrons. The molecule has 1 heterocycles. The highest BCUT2D eigenvalue weighted by Crippen LogP contribution is 2.40. The average molecular weight is 286 g/mol. The van der Waals surface area contributed by atoms with Gasteiger partial charge in [0.2, 0.25) is 5.91 Å². The fourth-order valence-corrected chi connectivity index (χ4v) is 4.18. The van der Waals surface area contributed by atoms with Crippen molar-refractivity contribution in [2.24, 2.45) is 11.7 Å². The van der Waals surface area contributed by atoms with Crippen LogP contribution < -0.4 is 5.73 Å². The van der Waals surface area contributed by atoms with E-state index >= 15 is 0 Å². The quantitative estimate of drug-likeness (QED) is 0.908. The largest absolute Gasteiger partial charge is 0.339 e. The predicted octanol–water partition coefficient (Wildman–Crippen LogP) is 2.48. The minimum atomic E-state index is -0.355. The van der Waals surface area contributed by atoms with Crippen molar-refractivity contribution in [1.29, 1.82) is 0 Å². The lowest BCUT2D eigenvalue weighted by atomic mass is 9.70. The van der Waals surface area contributed by atoms with Gasteiger partial charge < -0.3 is 10.6 Å². The van der Waals surface area contributed by atoms with E-state index in [2.05, 4.69) is 43.0 Å². The first kappa shape index (κ1) is 14.6. The first-order chi connectivity index (χ1) is 10.1. The minimum Gasteiger partial charge on any atom is -0.339 e. The molecule has 0 saturated carbocycles. The summed E-state index contributed by atoms with van der Waals surface area (Å²) in [4.78, 5) is 15.3. The summed E-state index contributed by atoms with van der Waals surface area (Å²) in [5.74, 6) is 0.768. The number of amides is 1. The van der Waals surface area contributed by atoms with Gasteiger partial charge in [0.25, 0.3) is 0 Å². The second-order valence-electron chi connectivity index (χ2n) is 6.99. The Morgan fingerprint density at radius 2 is 2.19 bits per heavy atom. The second-order valence-corrected chi connectivity index (χ2v) is 6.99. The topological polar surface area (TPSA) is 46.3 Å². The van der Waals surface area contributed by atoms with Crippen LogP contribution in [-0.4, -0.2) is 29.9 Å². The maximum absolute atomic E-state index is 13.2. The van der Waals surface area contributed by atoms with E-state index in [1.807, 2.05) is 0 Å². The maximum Gasteiger partial charge on any atom is 0.233 e. The number of hydrogen-bond donors (Lipinski definition) is 1. The number of nitrogens with two attached hydrogens (primary N) is 1. The summed E-state index contributed by atoms with van der Waals surface area (Å²) in [6.45, 7) is 5.80. The third-order valence-corrected chi connectivity index (χ3v) is 5.46. The molecule has 21 heavy (non-hydrogen) atoms. The summed E-state index contributed by atoms with van der Waals surface area (Å²) in [6.07, 6.45) is 4.20. The van der Waals surface area contributed by atoms with Gasteiger partial charge in [0.15, 0.2) is 0 Å². The van der Waals surface area contributed by atoms with E-state index in [9.17, 15) is 4.79 Å². The molecule has 3 heteroatoms. The van der Waals surface area contributed by atoms with Crippen molar-refractivity contribution < 1.29 is 4.79 Å². The van der Waals surface area contributed by atoms with Gasteiger partial charge in [0, 0.05) is 12.6 Å². The monoisotopic (exact) mass is 286 g/mol. The van der Waals surface area contributed by atoms with Gasteiger partial charge in [0.05, 0.1) is 5.41 Å². The van der Waals surface area contributed by atoms with Crippen molar-refractivity contribution in [1.82, 2.24) is 4.90 Å². The molecular formula is C18H26N2O. The van der Waals surface area contributed by atoms with E-state index in [4.69, 9.17) is 5.73 Å². The Morgan fingerprint density at radius 3 is 2.90 bits per heavy atom. The second kappa shape index (κ2) is 5.45. The van der Waals surface area contributed by atoms with E-state index in [-0.39, 0.29) is 5.41 Å². The van der Waals surface area contributed by atoms with Crippen LogP contribution in [0.25, 0.3) is 0 Å². The number of benzene rings is 1. The Kier molecular flexibility index (Phi) is 3.78. The molecule has 0 aromatic heterocycles. The Labute approximate surface area is 127 Å². The highest BCUT2D eigenvalue weighted by atomic mass is 16.2. The summed E-state index contributed by atoms with van der Waals surface area (Å²) < 4.78 is 0. The molecule has 2 N–H and O–H groups in total. The van der Waals surface area contributed by atoms with Crippen LogP contribution in [0.2, 0.25) is 0 Å². The van der Waals surface area contributed by atoms with Crippen molar-refractivity contribution >= 4 is 5.91 Å². The van der Waals surface area contributed by atoms with Crippen LogP contribution >= 0.6 is 0 Å². The molecule has 1 aromatic carbocycles. The molecule has 0 bridgehead atoms. The Balaban J connectivity index is 1.91. The van der Waals surface area contributed by atoms with Crippen molar-refractivity contribution in [2.45, 2.75) is 51.0 Å². The molecule has 1 fully saturated rings. The lowest BCUT2D eigenvalue weighted by Crippen LogP contribution is -2.48. The molecule has 3 rings (SSSR count). The molecule has 3 nitrogen and oxygen atoms in total. The first-order valence-electron chi connectivity index (χ1n) is 8.16. The molecule has 1 aromatic rings. The van der Waals surface area contributed by atoms with Crippen LogP contribution in [0.4, 0.5) is 0 Å². The SMILES string of the molecule is CC1CC(CN)CN1C(=O)C1(C)CCCc2ccccc21. The third kappa shape index (κ3) is 2.38. The van der Waals surface area contributed by atoms with Crippen LogP contribution in [0.3, 0.4) is 0 Å². The van der Waals surface area contributed by atoms with Crippen LogP contribution in [0.5, 0.6) is 0 Å². The summed E-state index contributed by atoms with van der Waals surface area (Å²) in [5.41, 5.74) is 8.04. The minimum absolute atomic E-state index is 0.304. The van der Waals surface area contributed by atoms with Crippen molar-refractivity contribution in [2.75, 3.05) is 13.1 Å². The number of fused-ring (bicyclic) bond motifs is 1. The molecule has 1 amide bonds. The van der Waals surface area contributed by atoms with Gasteiger partial charge >= 0.3 is 0 Å². The zero-order chi connectivity index (χ0) is 15.0. The van der Waals surface area contributed by atoms with Crippen LogP contribution in [0.15, 0.2) is 24.3 Å². The molecule has 1 aliphatic carbocycles. The van der Waals surface area contributed by atoms with Crippen molar-refractivity contribution in [3.63, 3.8) is 0 Å². The van der Waals surface area contributed by atoms with E-state index in [1.54, 1.807) is 0 Å². The molecule has 3 unspecified atom stereocenters. The maximum atomic E-state index is 13.2. The normalized spacial score (nSPS) is 32.0. The summed E-state index contributed by atoms with van der Waals surface area (Å²) >= 11 is 0. The highest BCUT2D eigenvalue weighted by Gasteiger charge is 2.44. The number of nitrogens with zero attached hydrogens (tertiary/aromatic N) is 1. The molecule has 2 aliphatic rings. The molecule has 1 aliphatic heterocycles. The molecule has 0 spiro atoms. The number of carbonyl (C=O) groups excluding carboxylic acids is 1. The fourth-order valence-electron chi connectivity index (χ4n) is 4.18. The van der Waals surface area contributed by atoms with Gasteiger partial charge in [-0.25, -0.2) is 0 Å². The standard InChI is InChI=1S/C18H26N2O/c1-13-10-14(11-19)12-20(13)17(21)18(2)9-5-7-15-6-3-4-8-16(15)18/h3-4,6,8,13-14H,5,7,9-12,19H2,1-2H3. The smallest absolute Gasteiger partial charge is 0.233 e. The van der Waals surface area contributed by atoms with Crippen LogP contribution in [0.1, 0.15) is 44.2 Å². The lowest BCUT2D eigenvalue weighted by Gasteiger charge is -2.39. The van der Waals surface area contributed by atoms with E-state index < -0.39 is 0 Å². The third-order valence-electron chi connectivity index (χ3n) is 5.46. The predicted molar refractivity (Wildman–Crippen MR) is 85.1 cm³/mol. The number of rotatable bonds is 2. The molecule has 114 valence electrons. The van der Waals surface area contributed by atoms with Crippen LogP contribution in [0, 0.1) is 5.92 Å². The molecule has 3 atom stereocenters. The Bertz CT molecular complexity index is 542. The number of aryl methyl sites for hydroxylation is 1. The number of hydrogen-bond acceptors (Lipinski definition) is 2. The summed E-state index contributed by atoms with van der Waals surface area (Å²) in [6, 6.07) is 8.78.